The molecule has 120 valence electrons. The highest BCUT2D eigenvalue weighted by atomic mass is 16.7. The quantitative estimate of drug-likeness (QED) is 0.807. The lowest BCUT2D eigenvalue weighted by Crippen LogP contribution is -2.41. The summed E-state index contributed by atoms with van der Waals surface area (Å²) in [6.45, 7) is 9.56. The van der Waals surface area contributed by atoms with Gasteiger partial charge in [0.05, 0.1) is 11.2 Å². The zero-order chi connectivity index (χ0) is 16.0. The van der Waals surface area contributed by atoms with Crippen LogP contribution in [0.4, 0.5) is 5.95 Å². The average Bonchev–Trinajstić information content (AvgIpc) is 3.25. The van der Waals surface area contributed by atoms with Crippen LogP contribution in [0, 0.1) is 0 Å². The Bertz CT molecular complexity index is 515. The SMILES string of the molecule is CC1(C)OB(c2cnc(N(CCN)C3CC3)nc2)OC1(C)C. The van der Waals surface area contributed by atoms with Crippen molar-refractivity contribution in [1.29, 1.82) is 0 Å². The average molecular weight is 304 g/mol. The lowest BCUT2D eigenvalue weighted by molar-refractivity contribution is 0.00578. The fourth-order valence-corrected chi connectivity index (χ4v) is 2.55. The summed E-state index contributed by atoms with van der Waals surface area (Å²) in [5.41, 5.74) is 5.83. The van der Waals surface area contributed by atoms with Crippen molar-refractivity contribution in [3.05, 3.63) is 12.4 Å². The van der Waals surface area contributed by atoms with Crippen molar-refractivity contribution < 1.29 is 9.31 Å². The van der Waals surface area contributed by atoms with E-state index in [9.17, 15) is 0 Å². The monoisotopic (exact) mass is 304 g/mol. The van der Waals surface area contributed by atoms with Gasteiger partial charge in [-0.2, -0.15) is 0 Å². The van der Waals surface area contributed by atoms with Crippen LogP contribution in [-0.2, 0) is 9.31 Å². The van der Waals surface area contributed by atoms with E-state index in [1.807, 2.05) is 27.7 Å². The van der Waals surface area contributed by atoms with Gasteiger partial charge in [0.1, 0.15) is 0 Å². The van der Waals surface area contributed by atoms with Crippen LogP contribution in [0.3, 0.4) is 0 Å². The second-order valence-electron chi connectivity index (χ2n) is 7.12. The molecule has 7 heteroatoms. The predicted molar refractivity (Wildman–Crippen MR) is 87.2 cm³/mol. The number of nitrogens with two attached hydrogens (primary N) is 1. The number of hydrogen-bond donors (Lipinski definition) is 1. The van der Waals surface area contributed by atoms with Crippen molar-refractivity contribution in [3.63, 3.8) is 0 Å². The first kappa shape index (κ1) is 15.7. The molecule has 2 heterocycles. The van der Waals surface area contributed by atoms with Gasteiger partial charge < -0.3 is 19.9 Å². The lowest BCUT2D eigenvalue weighted by Gasteiger charge is -2.32. The zero-order valence-electron chi connectivity index (χ0n) is 13.9. The Morgan fingerprint density at radius 1 is 1.18 bits per heavy atom. The molecule has 0 spiro atoms. The van der Waals surface area contributed by atoms with Gasteiger partial charge in [-0.15, -0.1) is 0 Å². The standard InChI is InChI=1S/C15H25BN4O2/c1-14(2)15(3,4)22-16(21-14)11-9-18-13(19-10-11)20(8-7-17)12-5-6-12/h9-10,12H,5-8,17H2,1-4H3. The maximum absolute atomic E-state index is 6.02. The molecule has 1 aliphatic heterocycles. The van der Waals surface area contributed by atoms with Crippen LogP contribution in [-0.4, -0.2) is 47.4 Å². The molecule has 0 aromatic carbocycles. The van der Waals surface area contributed by atoms with E-state index in [1.54, 1.807) is 12.4 Å². The third-order valence-electron chi connectivity index (χ3n) is 4.80. The summed E-state index contributed by atoms with van der Waals surface area (Å²) in [4.78, 5) is 11.2. The third kappa shape index (κ3) is 2.85. The number of anilines is 1. The largest absolute Gasteiger partial charge is 0.498 e. The Morgan fingerprint density at radius 3 is 2.18 bits per heavy atom. The van der Waals surface area contributed by atoms with E-state index in [-0.39, 0.29) is 11.2 Å². The van der Waals surface area contributed by atoms with E-state index >= 15 is 0 Å². The van der Waals surface area contributed by atoms with Crippen molar-refractivity contribution in [3.8, 4) is 0 Å². The molecular weight excluding hydrogens is 279 g/mol. The molecule has 2 fully saturated rings. The second kappa shape index (κ2) is 5.47. The molecule has 0 radical (unpaired) electrons. The third-order valence-corrected chi connectivity index (χ3v) is 4.80. The van der Waals surface area contributed by atoms with E-state index in [1.165, 1.54) is 12.8 Å². The van der Waals surface area contributed by atoms with Gasteiger partial charge in [-0.05, 0) is 40.5 Å². The first-order valence-electron chi connectivity index (χ1n) is 7.98. The molecule has 6 nitrogen and oxygen atoms in total. The van der Waals surface area contributed by atoms with E-state index in [2.05, 4.69) is 14.9 Å². The molecule has 1 saturated heterocycles. The summed E-state index contributed by atoms with van der Waals surface area (Å²) < 4.78 is 12.0. The maximum Gasteiger partial charge on any atom is 0.498 e. The van der Waals surface area contributed by atoms with Crippen molar-refractivity contribution in [2.75, 3.05) is 18.0 Å². The summed E-state index contributed by atoms with van der Waals surface area (Å²) in [6.07, 6.45) is 6.00. The van der Waals surface area contributed by atoms with Gasteiger partial charge in [0, 0.05) is 37.0 Å². The highest BCUT2D eigenvalue weighted by Gasteiger charge is 2.52. The number of hydrogen-bond acceptors (Lipinski definition) is 6. The number of nitrogens with zero attached hydrogens (tertiary/aromatic N) is 3. The minimum Gasteiger partial charge on any atom is -0.399 e. The molecule has 22 heavy (non-hydrogen) atoms. The Labute approximate surface area is 132 Å². The van der Waals surface area contributed by atoms with E-state index in [0.717, 1.165) is 18.0 Å². The van der Waals surface area contributed by atoms with Crippen LogP contribution in [0.25, 0.3) is 0 Å². The van der Waals surface area contributed by atoms with Crippen molar-refractivity contribution in [2.45, 2.75) is 57.8 Å². The molecule has 1 aromatic heterocycles. The normalized spacial score (nSPS) is 22.9. The Kier molecular flexibility index (Phi) is 3.91. The fourth-order valence-electron chi connectivity index (χ4n) is 2.55. The van der Waals surface area contributed by atoms with E-state index < -0.39 is 7.12 Å². The number of rotatable bonds is 5. The molecule has 2 N–H and O–H groups in total. The molecule has 1 aliphatic carbocycles. The van der Waals surface area contributed by atoms with Crippen LogP contribution >= 0.6 is 0 Å². The van der Waals surface area contributed by atoms with E-state index in [4.69, 9.17) is 15.0 Å². The fraction of sp³-hybridized carbons (Fsp3) is 0.733. The summed E-state index contributed by atoms with van der Waals surface area (Å²) in [7, 11) is -0.414. The minimum absolute atomic E-state index is 0.351. The summed E-state index contributed by atoms with van der Waals surface area (Å²) in [5.74, 6) is 0.744. The molecule has 1 aromatic rings. The lowest BCUT2D eigenvalue weighted by atomic mass is 9.81. The Balaban J connectivity index is 1.75. The molecule has 1 saturated carbocycles. The van der Waals surface area contributed by atoms with E-state index in [0.29, 0.717) is 12.6 Å². The number of aromatic nitrogens is 2. The predicted octanol–water partition coefficient (Wildman–Crippen LogP) is 0.703. The molecule has 2 aliphatic rings. The van der Waals surface area contributed by atoms with Crippen LogP contribution < -0.4 is 16.1 Å². The Morgan fingerprint density at radius 2 is 1.73 bits per heavy atom. The van der Waals surface area contributed by atoms with Gasteiger partial charge in [-0.25, -0.2) is 9.97 Å². The van der Waals surface area contributed by atoms with Gasteiger partial charge in [0.2, 0.25) is 5.95 Å². The van der Waals surface area contributed by atoms with Crippen LogP contribution in [0.5, 0.6) is 0 Å². The molecule has 0 unspecified atom stereocenters. The maximum atomic E-state index is 6.02. The first-order valence-corrected chi connectivity index (χ1v) is 7.98. The second-order valence-corrected chi connectivity index (χ2v) is 7.12. The van der Waals surface area contributed by atoms with Crippen LogP contribution in [0.15, 0.2) is 12.4 Å². The van der Waals surface area contributed by atoms with Crippen molar-refractivity contribution >= 4 is 18.5 Å². The van der Waals surface area contributed by atoms with Crippen molar-refractivity contribution in [2.24, 2.45) is 5.73 Å². The summed E-state index contributed by atoms with van der Waals surface area (Å²) in [6, 6.07) is 0.547. The van der Waals surface area contributed by atoms with Gasteiger partial charge in [-0.3, -0.25) is 0 Å². The Hall–Kier alpha value is -1.18. The van der Waals surface area contributed by atoms with Crippen LogP contribution in [0.2, 0.25) is 0 Å². The minimum atomic E-state index is -0.414. The molecule has 3 rings (SSSR count). The van der Waals surface area contributed by atoms with Gasteiger partial charge in [0.25, 0.3) is 0 Å². The summed E-state index contributed by atoms with van der Waals surface area (Å²) in [5, 5.41) is 0. The molecular formula is C15H25BN4O2. The summed E-state index contributed by atoms with van der Waals surface area (Å²) >= 11 is 0. The van der Waals surface area contributed by atoms with Gasteiger partial charge in [0.15, 0.2) is 0 Å². The highest BCUT2D eigenvalue weighted by molar-refractivity contribution is 6.61. The van der Waals surface area contributed by atoms with Crippen molar-refractivity contribution in [1.82, 2.24) is 9.97 Å². The first-order chi connectivity index (χ1) is 10.3. The molecule has 0 amide bonds. The highest BCUT2D eigenvalue weighted by Crippen LogP contribution is 2.36. The van der Waals surface area contributed by atoms with Gasteiger partial charge in [-0.1, -0.05) is 0 Å². The molecule has 0 atom stereocenters. The topological polar surface area (TPSA) is 73.5 Å². The van der Waals surface area contributed by atoms with Gasteiger partial charge >= 0.3 is 7.12 Å². The molecule has 0 bridgehead atoms. The smallest absolute Gasteiger partial charge is 0.399 e. The van der Waals surface area contributed by atoms with Crippen LogP contribution in [0.1, 0.15) is 40.5 Å². The zero-order valence-corrected chi connectivity index (χ0v) is 13.9.